The second-order valence-corrected chi connectivity index (χ2v) is 5.05. The maximum absolute atomic E-state index is 12.2. The Labute approximate surface area is 152 Å². The molecule has 23 heavy (non-hydrogen) atoms. The van der Waals surface area contributed by atoms with Crippen molar-refractivity contribution in [1.29, 1.82) is 0 Å². The lowest BCUT2D eigenvalue weighted by Crippen LogP contribution is -2.40. The molecule has 5 nitrogen and oxygen atoms in total. The van der Waals surface area contributed by atoms with Crippen LogP contribution in [0.2, 0.25) is 0 Å². The van der Waals surface area contributed by atoms with Crippen LogP contribution in [0.25, 0.3) is 0 Å². The summed E-state index contributed by atoms with van der Waals surface area (Å²) in [6.07, 6.45) is 0.436. The van der Waals surface area contributed by atoms with Gasteiger partial charge in [-0.3, -0.25) is 9.89 Å². The number of rotatable bonds is 8. The fourth-order valence-corrected chi connectivity index (χ4v) is 1.98. The van der Waals surface area contributed by atoms with E-state index < -0.39 is 12.7 Å². The largest absolute Gasteiger partial charge is 0.401 e. The van der Waals surface area contributed by atoms with E-state index in [9.17, 15) is 13.2 Å². The zero-order chi connectivity index (χ0) is 16.4. The standard InChI is InChI=1S/C14H24F3N5.HI/c1-18-13(20-7-11-22-9-3-4-10-22)19-6-5-8-21(2)12-14(15,16)17;/h3-4,9-10H,5-8,11-12H2,1-2H3,(H2,18,19,20);1H. The van der Waals surface area contributed by atoms with Crippen LogP contribution in [0.15, 0.2) is 29.5 Å². The average molecular weight is 447 g/mol. The maximum Gasteiger partial charge on any atom is 0.401 e. The Balaban J connectivity index is 0.00000484. The van der Waals surface area contributed by atoms with Gasteiger partial charge in [-0.1, -0.05) is 0 Å². The third-order valence-corrected chi connectivity index (χ3v) is 3.01. The van der Waals surface area contributed by atoms with Crippen molar-refractivity contribution in [3.63, 3.8) is 0 Å². The Kier molecular flexibility index (Phi) is 11.1. The lowest BCUT2D eigenvalue weighted by atomic mass is 10.4. The van der Waals surface area contributed by atoms with Gasteiger partial charge in [0, 0.05) is 39.1 Å². The van der Waals surface area contributed by atoms with Crippen LogP contribution in [0.4, 0.5) is 13.2 Å². The highest BCUT2D eigenvalue weighted by molar-refractivity contribution is 14.0. The molecule has 0 aliphatic rings. The zero-order valence-electron chi connectivity index (χ0n) is 13.4. The second-order valence-electron chi connectivity index (χ2n) is 5.05. The van der Waals surface area contributed by atoms with E-state index in [1.807, 2.05) is 29.1 Å². The van der Waals surface area contributed by atoms with E-state index in [1.165, 1.54) is 11.9 Å². The molecular weight excluding hydrogens is 422 g/mol. The van der Waals surface area contributed by atoms with E-state index in [4.69, 9.17) is 0 Å². The van der Waals surface area contributed by atoms with Crippen molar-refractivity contribution < 1.29 is 13.2 Å². The molecule has 0 aliphatic carbocycles. The first kappa shape index (κ1) is 22.0. The number of alkyl halides is 3. The van der Waals surface area contributed by atoms with Crippen molar-refractivity contribution in [3.8, 4) is 0 Å². The Morgan fingerprint density at radius 3 is 2.35 bits per heavy atom. The van der Waals surface area contributed by atoms with Gasteiger partial charge in [-0.2, -0.15) is 13.2 Å². The maximum atomic E-state index is 12.2. The molecule has 0 saturated carbocycles. The van der Waals surface area contributed by atoms with Gasteiger partial charge in [-0.25, -0.2) is 0 Å². The van der Waals surface area contributed by atoms with Gasteiger partial charge in [-0.05, 0) is 32.1 Å². The van der Waals surface area contributed by atoms with Crippen molar-refractivity contribution in [2.24, 2.45) is 4.99 Å². The van der Waals surface area contributed by atoms with Gasteiger partial charge in [0.25, 0.3) is 0 Å². The van der Waals surface area contributed by atoms with E-state index in [1.54, 1.807) is 7.05 Å². The molecule has 0 amide bonds. The molecule has 0 radical (unpaired) electrons. The number of nitrogens with one attached hydrogen (secondary N) is 2. The molecular formula is C14H25F3IN5. The van der Waals surface area contributed by atoms with Crippen LogP contribution in [0.1, 0.15) is 6.42 Å². The van der Waals surface area contributed by atoms with E-state index in [-0.39, 0.29) is 24.0 Å². The molecule has 0 aromatic carbocycles. The van der Waals surface area contributed by atoms with E-state index in [2.05, 4.69) is 15.6 Å². The van der Waals surface area contributed by atoms with E-state index >= 15 is 0 Å². The first-order valence-corrected chi connectivity index (χ1v) is 7.21. The minimum atomic E-state index is -4.14. The predicted molar refractivity (Wildman–Crippen MR) is 97.4 cm³/mol. The number of guanidine groups is 1. The Hall–Kier alpha value is -0.970. The lowest BCUT2D eigenvalue weighted by molar-refractivity contribution is -0.143. The number of halogens is 4. The van der Waals surface area contributed by atoms with Gasteiger partial charge in [0.1, 0.15) is 0 Å². The molecule has 0 aliphatic heterocycles. The van der Waals surface area contributed by atoms with Crippen LogP contribution in [0.3, 0.4) is 0 Å². The summed E-state index contributed by atoms with van der Waals surface area (Å²) >= 11 is 0. The van der Waals surface area contributed by atoms with Gasteiger partial charge in [0.05, 0.1) is 6.54 Å². The summed E-state index contributed by atoms with van der Waals surface area (Å²) in [4.78, 5) is 5.34. The number of aromatic nitrogens is 1. The third-order valence-electron chi connectivity index (χ3n) is 3.01. The number of nitrogens with zero attached hydrogens (tertiary/aromatic N) is 3. The second kappa shape index (κ2) is 11.5. The molecule has 1 aromatic rings. The smallest absolute Gasteiger partial charge is 0.356 e. The molecule has 1 heterocycles. The van der Waals surface area contributed by atoms with Crippen LogP contribution >= 0.6 is 24.0 Å². The average Bonchev–Trinajstić information content (AvgIpc) is 2.92. The summed E-state index contributed by atoms with van der Waals surface area (Å²) in [6.45, 7) is 1.62. The molecule has 0 atom stereocenters. The Morgan fingerprint density at radius 2 is 1.78 bits per heavy atom. The minimum Gasteiger partial charge on any atom is -0.356 e. The Morgan fingerprint density at radius 1 is 1.17 bits per heavy atom. The van der Waals surface area contributed by atoms with Gasteiger partial charge in [0.15, 0.2) is 5.96 Å². The molecule has 0 bridgehead atoms. The van der Waals surface area contributed by atoms with E-state index in [0.29, 0.717) is 25.5 Å². The molecule has 1 aromatic heterocycles. The van der Waals surface area contributed by atoms with Crippen molar-refractivity contribution in [2.45, 2.75) is 19.1 Å². The highest BCUT2D eigenvalue weighted by atomic mass is 127. The molecule has 0 saturated heterocycles. The van der Waals surface area contributed by atoms with Crippen LogP contribution in [-0.2, 0) is 6.54 Å². The molecule has 134 valence electrons. The summed E-state index contributed by atoms with van der Waals surface area (Å²) < 4.78 is 38.5. The molecule has 9 heteroatoms. The van der Waals surface area contributed by atoms with Crippen LogP contribution in [0, 0.1) is 0 Å². The highest BCUT2D eigenvalue weighted by Gasteiger charge is 2.28. The molecule has 0 fully saturated rings. The SMILES string of the molecule is CN=C(NCCCN(C)CC(F)(F)F)NCCn1cccc1.I. The summed E-state index contributed by atoms with van der Waals surface area (Å²) in [5, 5.41) is 6.25. The normalized spacial score (nSPS) is 12.2. The lowest BCUT2D eigenvalue weighted by Gasteiger charge is -2.19. The molecule has 1 rings (SSSR count). The van der Waals surface area contributed by atoms with Crippen molar-refractivity contribution in [1.82, 2.24) is 20.1 Å². The van der Waals surface area contributed by atoms with Crippen molar-refractivity contribution in [2.75, 3.05) is 40.3 Å². The molecule has 2 N–H and O–H groups in total. The fraction of sp³-hybridized carbons (Fsp3) is 0.643. The Bertz CT molecular complexity index is 434. The van der Waals surface area contributed by atoms with Gasteiger partial charge < -0.3 is 15.2 Å². The predicted octanol–water partition coefficient (Wildman–Crippen LogP) is 2.16. The van der Waals surface area contributed by atoms with E-state index in [0.717, 1.165) is 13.1 Å². The first-order chi connectivity index (χ1) is 10.4. The summed E-state index contributed by atoms with van der Waals surface area (Å²) in [5.41, 5.74) is 0. The van der Waals surface area contributed by atoms with Crippen LogP contribution in [0.5, 0.6) is 0 Å². The van der Waals surface area contributed by atoms with Gasteiger partial charge >= 0.3 is 6.18 Å². The summed E-state index contributed by atoms with van der Waals surface area (Å²) in [5.74, 6) is 0.658. The molecule has 0 spiro atoms. The molecule has 0 unspecified atom stereocenters. The van der Waals surface area contributed by atoms with Gasteiger partial charge in [0.2, 0.25) is 0 Å². The topological polar surface area (TPSA) is 44.6 Å². The summed E-state index contributed by atoms with van der Waals surface area (Å²) in [7, 11) is 3.14. The minimum absolute atomic E-state index is 0. The summed E-state index contributed by atoms with van der Waals surface area (Å²) in [6, 6.07) is 3.93. The fourth-order valence-electron chi connectivity index (χ4n) is 1.98. The number of hydrogen-bond acceptors (Lipinski definition) is 2. The monoisotopic (exact) mass is 447 g/mol. The third kappa shape index (κ3) is 11.2. The number of hydrogen-bond donors (Lipinski definition) is 2. The van der Waals surface area contributed by atoms with Crippen molar-refractivity contribution >= 4 is 29.9 Å². The van der Waals surface area contributed by atoms with Crippen LogP contribution in [-0.4, -0.2) is 61.9 Å². The number of aliphatic imine (C=N–C) groups is 1. The first-order valence-electron chi connectivity index (χ1n) is 7.21. The van der Waals surface area contributed by atoms with Gasteiger partial charge in [-0.15, -0.1) is 24.0 Å². The highest BCUT2D eigenvalue weighted by Crippen LogP contribution is 2.15. The quantitative estimate of drug-likeness (QED) is 0.278. The van der Waals surface area contributed by atoms with Crippen LogP contribution < -0.4 is 10.6 Å². The van der Waals surface area contributed by atoms with Crippen molar-refractivity contribution in [3.05, 3.63) is 24.5 Å². The zero-order valence-corrected chi connectivity index (χ0v) is 15.8.